The van der Waals surface area contributed by atoms with Crippen LogP contribution in [0, 0.1) is 6.92 Å². The number of aromatic nitrogens is 2. The summed E-state index contributed by atoms with van der Waals surface area (Å²) in [5.41, 5.74) is 2.74. The second kappa shape index (κ2) is 7.99. The molecule has 7 heteroatoms. The van der Waals surface area contributed by atoms with Crippen LogP contribution < -0.4 is 5.32 Å². The molecule has 25 heavy (non-hydrogen) atoms. The summed E-state index contributed by atoms with van der Waals surface area (Å²) in [6.45, 7) is 7.95. The van der Waals surface area contributed by atoms with Crippen LogP contribution in [0.3, 0.4) is 0 Å². The van der Waals surface area contributed by atoms with E-state index in [1.54, 1.807) is 10.9 Å². The Labute approximate surface area is 152 Å². The van der Waals surface area contributed by atoms with Gasteiger partial charge in [0.05, 0.1) is 30.1 Å². The Morgan fingerprint density at radius 3 is 2.84 bits per heavy atom. The van der Waals surface area contributed by atoms with Gasteiger partial charge in [-0.25, -0.2) is 0 Å². The molecule has 0 bridgehead atoms. The van der Waals surface area contributed by atoms with E-state index in [2.05, 4.69) is 21.4 Å². The van der Waals surface area contributed by atoms with E-state index in [-0.39, 0.29) is 5.91 Å². The fourth-order valence-electron chi connectivity index (χ4n) is 2.92. The number of hydrogen-bond donors (Lipinski definition) is 1. The molecule has 1 N–H and O–H groups in total. The third kappa shape index (κ3) is 4.39. The summed E-state index contributed by atoms with van der Waals surface area (Å²) in [4.78, 5) is 14.9. The number of hydrogen-bond acceptors (Lipinski definition) is 4. The quantitative estimate of drug-likeness (QED) is 0.888. The van der Waals surface area contributed by atoms with Gasteiger partial charge in [-0.15, -0.1) is 0 Å². The minimum absolute atomic E-state index is 0.119. The molecule has 2 aromatic rings. The standard InChI is InChI=1S/C18H23ClN4O2/c1-13-17(19)11-20-23(13)14(2)18(24)21-16-5-3-4-15(10-16)12-22-6-8-25-9-7-22/h3-5,10-11,14H,6-9,12H2,1-2H3,(H,21,24). The molecular weight excluding hydrogens is 340 g/mol. The van der Waals surface area contributed by atoms with E-state index in [9.17, 15) is 4.79 Å². The van der Waals surface area contributed by atoms with Crippen molar-refractivity contribution in [1.82, 2.24) is 14.7 Å². The molecule has 0 aliphatic carbocycles. The van der Waals surface area contributed by atoms with Gasteiger partial charge >= 0.3 is 0 Å². The number of benzene rings is 1. The van der Waals surface area contributed by atoms with Crippen LogP contribution in [0.25, 0.3) is 0 Å². The second-order valence-electron chi connectivity index (χ2n) is 6.28. The fourth-order valence-corrected chi connectivity index (χ4v) is 3.05. The molecule has 1 aliphatic heterocycles. The first-order chi connectivity index (χ1) is 12.0. The number of nitrogens with one attached hydrogen (secondary N) is 1. The average molecular weight is 363 g/mol. The molecule has 1 amide bonds. The lowest BCUT2D eigenvalue weighted by Crippen LogP contribution is -2.35. The number of halogens is 1. The van der Waals surface area contributed by atoms with E-state index in [0.717, 1.165) is 44.2 Å². The Morgan fingerprint density at radius 1 is 1.40 bits per heavy atom. The summed E-state index contributed by atoms with van der Waals surface area (Å²) in [5, 5.41) is 7.71. The molecule has 1 unspecified atom stereocenters. The molecule has 134 valence electrons. The van der Waals surface area contributed by atoms with Crippen molar-refractivity contribution in [2.45, 2.75) is 26.4 Å². The van der Waals surface area contributed by atoms with Gasteiger partial charge in [-0.1, -0.05) is 23.7 Å². The normalized spacial score (nSPS) is 16.6. The number of carbonyl (C=O) groups excluding carboxylic acids is 1. The van der Waals surface area contributed by atoms with Gasteiger partial charge in [0, 0.05) is 25.3 Å². The monoisotopic (exact) mass is 362 g/mol. The maximum Gasteiger partial charge on any atom is 0.248 e. The number of nitrogens with zero attached hydrogens (tertiary/aromatic N) is 3. The molecule has 1 aromatic heterocycles. The molecule has 1 atom stereocenters. The zero-order valence-corrected chi connectivity index (χ0v) is 15.3. The van der Waals surface area contributed by atoms with E-state index in [1.165, 1.54) is 5.56 Å². The first kappa shape index (κ1) is 17.9. The summed E-state index contributed by atoms with van der Waals surface area (Å²) < 4.78 is 7.01. The van der Waals surface area contributed by atoms with E-state index in [0.29, 0.717) is 5.02 Å². The van der Waals surface area contributed by atoms with Gasteiger partial charge < -0.3 is 10.1 Å². The van der Waals surface area contributed by atoms with Crippen LogP contribution in [-0.4, -0.2) is 46.9 Å². The smallest absolute Gasteiger partial charge is 0.248 e. The third-order valence-corrected chi connectivity index (χ3v) is 4.81. The molecule has 6 nitrogen and oxygen atoms in total. The van der Waals surface area contributed by atoms with Crippen molar-refractivity contribution in [2.75, 3.05) is 31.6 Å². The molecule has 3 rings (SSSR count). The zero-order chi connectivity index (χ0) is 17.8. The lowest BCUT2D eigenvalue weighted by molar-refractivity contribution is -0.119. The van der Waals surface area contributed by atoms with Crippen LogP contribution in [0.5, 0.6) is 0 Å². The fraction of sp³-hybridized carbons (Fsp3) is 0.444. The highest BCUT2D eigenvalue weighted by atomic mass is 35.5. The van der Waals surface area contributed by atoms with Gasteiger partial charge in [-0.05, 0) is 31.5 Å². The number of ether oxygens (including phenoxy) is 1. The molecule has 1 aromatic carbocycles. The summed E-state index contributed by atoms with van der Waals surface area (Å²) >= 11 is 6.02. The van der Waals surface area contributed by atoms with E-state index < -0.39 is 6.04 Å². The third-order valence-electron chi connectivity index (χ3n) is 4.44. The predicted octanol–water partition coefficient (Wildman–Crippen LogP) is 2.88. The van der Waals surface area contributed by atoms with E-state index in [4.69, 9.17) is 16.3 Å². The summed E-state index contributed by atoms with van der Waals surface area (Å²) in [6, 6.07) is 7.52. The van der Waals surface area contributed by atoms with Crippen LogP contribution in [0.2, 0.25) is 5.02 Å². The zero-order valence-electron chi connectivity index (χ0n) is 14.5. The lowest BCUT2D eigenvalue weighted by Gasteiger charge is -2.26. The molecule has 0 radical (unpaired) electrons. The maximum absolute atomic E-state index is 12.5. The molecule has 1 aliphatic rings. The number of morpholine rings is 1. The second-order valence-corrected chi connectivity index (χ2v) is 6.68. The van der Waals surface area contributed by atoms with Crippen LogP contribution in [-0.2, 0) is 16.1 Å². The Kier molecular flexibility index (Phi) is 5.73. The van der Waals surface area contributed by atoms with Gasteiger partial charge in [0.15, 0.2) is 0 Å². The van der Waals surface area contributed by atoms with Crippen LogP contribution in [0.1, 0.15) is 24.2 Å². The van der Waals surface area contributed by atoms with Crippen molar-refractivity contribution < 1.29 is 9.53 Å². The lowest BCUT2D eigenvalue weighted by atomic mass is 10.1. The van der Waals surface area contributed by atoms with Crippen LogP contribution in [0.15, 0.2) is 30.5 Å². The molecule has 0 spiro atoms. The van der Waals surface area contributed by atoms with Crippen LogP contribution in [0.4, 0.5) is 5.69 Å². The predicted molar refractivity (Wildman–Crippen MR) is 97.9 cm³/mol. The Morgan fingerprint density at radius 2 is 2.16 bits per heavy atom. The van der Waals surface area contributed by atoms with Crippen molar-refractivity contribution in [3.8, 4) is 0 Å². The minimum atomic E-state index is -0.435. The minimum Gasteiger partial charge on any atom is -0.379 e. The SMILES string of the molecule is Cc1c(Cl)cnn1C(C)C(=O)Nc1cccc(CN2CCOCC2)c1. The maximum atomic E-state index is 12.5. The van der Waals surface area contributed by atoms with Crippen molar-refractivity contribution in [3.05, 3.63) is 46.7 Å². The number of amides is 1. The highest BCUT2D eigenvalue weighted by Crippen LogP contribution is 2.20. The molecular formula is C18H23ClN4O2. The Bertz CT molecular complexity index is 740. The number of anilines is 1. The highest BCUT2D eigenvalue weighted by Gasteiger charge is 2.19. The van der Waals surface area contributed by atoms with Crippen molar-refractivity contribution in [3.63, 3.8) is 0 Å². The summed E-state index contributed by atoms with van der Waals surface area (Å²) in [6.07, 6.45) is 1.56. The van der Waals surface area contributed by atoms with E-state index in [1.807, 2.05) is 32.0 Å². The van der Waals surface area contributed by atoms with Gasteiger partial charge in [-0.2, -0.15) is 5.10 Å². The summed E-state index contributed by atoms with van der Waals surface area (Å²) in [7, 11) is 0. The Balaban J connectivity index is 1.64. The van der Waals surface area contributed by atoms with Crippen molar-refractivity contribution >= 4 is 23.2 Å². The molecule has 0 saturated carbocycles. The molecule has 1 fully saturated rings. The number of rotatable bonds is 5. The van der Waals surface area contributed by atoms with Crippen molar-refractivity contribution in [1.29, 1.82) is 0 Å². The van der Waals surface area contributed by atoms with Gasteiger partial charge in [-0.3, -0.25) is 14.4 Å². The van der Waals surface area contributed by atoms with Gasteiger partial charge in [0.25, 0.3) is 0 Å². The Hall–Kier alpha value is -1.89. The first-order valence-electron chi connectivity index (χ1n) is 8.44. The topological polar surface area (TPSA) is 59.4 Å². The van der Waals surface area contributed by atoms with Crippen molar-refractivity contribution in [2.24, 2.45) is 0 Å². The highest BCUT2D eigenvalue weighted by molar-refractivity contribution is 6.31. The number of carbonyl (C=O) groups is 1. The van der Waals surface area contributed by atoms with Gasteiger partial charge in [0.1, 0.15) is 6.04 Å². The first-order valence-corrected chi connectivity index (χ1v) is 8.82. The summed E-state index contributed by atoms with van der Waals surface area (Å²) in [5.74, 6) is -0.119. The largest absolute Gasteiger partial charge is 0.379 e. The van der Waals surface area contributed by atoms with Gasteiger partial charge in [0.2, 0.25) is 5.91 Å². The molecule has 1 saturated heterocycles. The molecule has 2 heterocycles. The van der Waals surface area contributed by atoms with E-state index >= 15 is 0 Å². The van der Waals surface area contributed by atoms with Crippen LogP contribution >= 0.6 is 11.6 Å². The average Bonchev–Trinajstić information content (AvgIpc) is 2.94.